The Hall–Kier alpha value is -2.04. The first kappa shape index (κ1) is 9.51. The van der Waals surface area contributed by atoms with Crippen molar-refractivity contribution < 1.29 is 4.74 Å². The number of rotatable bonds is 4. The predicted octanol–water partition coefficient (Wildman–Crippen LogP) is 1.43. The van der Waals surface area contributed by atoms with Crippen LogP contribution in [0.4, 0.5) is 5.82 Å². The summed E-state index contributed by atoms with van der Waals surface area (Å²) in [6, 6.07) is 3.64. The van der Waals surface area contributed by atoms with Crippen molar-refractivity contribution in [2.45, 2.75) is 6.54 Å². The Labute approximate surface area is 87.5 Å². The molecule has 0 bridgehead atoms. The van der Waals surface area contributed by atoms with Gasteiger partial charge in [-0.15, -0.1) is 0 Å². The zero-order valence-corrected chi connectivity index (χ0v) is 8.40. The number of nitrogens with one attached hydrogen (secondary N) is 2. The van der Waals surface area contributed by atoms with Gasteiger partial charge in [-0.05, 0) is 6.07 Å². The summed E-state index contributed by atoms with van der Waals surface area (Å²) in [6.07, 6.45) is 5.20. The van der Waals surface area contributed by atoms with Gasteiger partial charge in [-0.3, -0.25) is 0 Å². The van der Waals surface area contributed by atoms with Gasteiger partial charge < -0.3 is 15.0 Å². The zero-order chi connectivity index (χ0) is 10.5. The van der Waals surface area contributed by atoms with Crippen LogP contribution in [0.25, 0.3) is 0 Å². The van der Waals surface area contributed by atoms with Gasteiger partial charge in [-0.25, -0.2) is 9.97 Å². The van der Waals surface area contributed by atoms with E-state index < -0.39 is 0 Å². The monoisotopic (exact) mass is 204 g/mol. The number of hydrogen-bond donors (Lipinski definition) is 2. The van der Waals surface area contributed by atoms with Crippen molar-refractivity contribution in [3.8, 4) is 5.75 Å². The summed E-state index contributed by atoms with van der Waals surface area (Å²) < 4.78 is 5.09. The van der Waals surface area contributed by atoms with E-state index in [0.717, 1.165) is 17.4 Å². The van der Waals surface area contributed by atoms with E-state index in [1.165, 1.54) is 0 Å². The molecule has 0 saturated carbocycles. The summed E-state index contributed by atoms with van der Waals surface area (Å²) in [7, 11) is 1.63. The molecule has 2 aromatic rings. The molecular weight excluding hydrogens is 192 g/mol. The number of anilines is 1. The topological polar surface area (TPSA) is 62.8 Å². The molecule has 2 N–H and O–H groups in total. The van der Waals surface area contributed by atoms with E-state index in [9.17, 15) is 0 Å². The summed E-state index contributed by atoms with van der Waals surface area (Å²) in [5.41, 5.74) is 0. The molecule has 0 spiro atoms. The van der Waals surface area contributed by atoms with E-state index in [1.54, 1.807) is 31.8 Å². The van der Waals surface area contributed by atoms with Gasteiger partial charge in [-0.2, -0.15) is 0 Å². The third-order valence-corrected chi connectivity index (χ3v) is 1.96. The Morgan fingerprint density at radius 3 is 3.07 bits per heavy atom. The number of ether oxygens (including phenoxy) is 1. The zero-order valence-electron chi connectivity index (χ0n) is 8.40. The van der Waals surface area contributed by atoms with Gasteiger partial charge in [0.05, 0.1) is 13.7 Å². The molecule has 0 aliphatic carbocycles. The second-order valence-electron chi connectivity index (χ2n) is 2.97. The van der Waals surface area contributed by atoms with Crippen molar-refractivity contribution in [2.75, 3.05) is 12.4 Å². The lowest BCUT2D eigenvalue weighted by atomic mass is 10.4. The number of methoxy groups -OCH3 is 1. The first-order valence-corrected chi connectivity index (χ1v) is 4.60. The highest BCUT2D eigenvalue weighted by Crippen LogP contribution is 2.13. The van der Waals surface area contributed by atoms with Crippen LogP contribution in [0.15, 0.2) is 30.7 Å². The van der Waals surface area contributed by atoms with Crippen LogP contribution >= 0.6 is 0 Å². The van der Waals surface area contributed by atoms with Gasteiger partial charge in [-0.1, -0.05) is 0 Å². The molecule has 0 unspecified atom stereocenters. The van der Waals surface area contributed by atoms with Gasteiger partial charge in [0, 0.05) is 24.7 Å². The van der Waals surface area contributed by atoms with E-state index in [0.29, 0.717) is 6.54 Å². The fourth-order valence-corrected chi connectivity index (χ4v) is 1.20. The van der Waals surface area contributed by atoms with Crippen molar-refractivity contribution in [1.29, 1.82) is 0 Å². The molecule has 2 heterocycles. The highest BCUT2D eigenvalue weighted by molar-refractivity contribution is 5.40. The van der Waals surface area contributed by atoms with Crippen LogP contribution in [-0.4, -0.2) is 22.1 Å². The lowest BCUT2D eigenvalue weighted by Crippen LogP contribution is -2.02. The largest absolute Gasteiger partial charge is 0.497 e. The molecule has 0 amide bonds. The predicted molar refractivity (Wildman–Crippen MR) is 56.7 cm³/mol. The average Bonchev–Trinajstić information content (AvgIpc) is 2.79. The molecule has 0 saturated heterocycles. The van der Waals surface area contributed by atoms with Crippen molar-refractivity contribution in [3.05, 3.63) is 36.5 Å². The number of nitrogens with zero attached hydrogens (tertiary/aromatic N) is 2. The summed E-state index contributed by atoms with van der Waals surface area (Å²) in [5, 5.41) is 3.14. The molecule has 0 atom stereocenters. The van der Waals surface area contributed by atoms with Crippen LogP contribution in [0.1, 0.15) is 5.82 Å². The molecule has 2 aromatic heterocycles. The molecule has 0 radical (unpaired) electrons. The van der Waals surface area contributed by atoms with Crippen molar-refractivity contribution in [3.63, 3.8) is 0 Å². The van der Waals surface area contributed by atoms with Crippen molar-refractivity contribution >= 4 is 5.82 Å². The van der Waals surface area contributed by atoms with E-state index >= 15 is 0 Å². The molecule has 0 fully saturated rings. The molecule has 0 aromatic carbocycles. The summed E-state index contributed by atoms with van der Waals surface area (Å²) in [4.78, 5) is 11.3. The smallest absolute Gasteiger partial charge is 0.129 e. The van der Waals surface area contributed by atoms with Gasteiger partial charge in [0.1, 0.15) is 17.4 Å². The Balaban J connectivity index is 1.98. The lowest BCUT2D eigenvalue weighted by Gasteiger charge is -2.04. The molecule has 5 nitrogen and oxygen atoms in total. The summed E-state index contributed by atoms with van der Waals surface area (Å²) in [5.74, 6) is 2.43. The van der Waals surface area contributed by atoms with Crippen LogP contribution in [0.2, 0.25) is 0 Å². The first-order chi connectivity index (χ1) is 7.38. The number of hydrogen-bond acceptors (Lipinski definition) is 4. The standard InChI is InChI=1S/C10H12N4O/c1-15-8-2-3-11-9(6-8)14-7-10-12-4-5-13-10/h2-6H,7H2,1H3,(H,11,14)(H,12,13). The van der Waals surface area contributed by atoms with Gasteiger partial charge in [0.25, 0.3) is 0 Å². The Morgan fingerprint density at radius 1 is 1.40 bits per heavy atom. The van der Waals surface area contributed by atoms with Crippen LogP contribution in [0.5, 0.6) is 5.75 Å². The van der Waals surface area contributed by atoms with Crippen molar-refractivity contribution in [1.82, 2.24) is 15.0 Å². The summed E-state index contributed by atoms with van der Waals surface area (Å²) >= 11 is 0. The molecule has 0 aliphatic heterocycles. The normalized spacial score (nSPS) is 9.93. The summed E-state index contributed by atoms with van der Waals surface area (Å²) in [6.45, 7) is 0.618. The molecule has 15 heavy (non-hydrogen) atoms. The van der Waals surface area contributed by atoms with E-state index in [1.807, 2.05) is 6.07 Å². The minimum absolute atomic E-state index is 0.618. The lowest BCUT2D eigenvalue weighted by molar-refractivity contribution is 0.414. The highest BCUT2D eigenvalue weighted by atomic mass is 16.5. The number of aromatic nitrogens is 3. The molecule has 2 rings (SSSR count). The van der Waals surface area contributed by atoms with E-state index in [2.05, 4.69) is 20.3 Å². The molecular formula is C10H12N4O. The van der Waals surface area contributed by atoms with Gasteiger partial charge in [0.2, 0.25) is 0 Å². The fraction of sp³-hybridized carbons (Fsp3) is 0.200. The number of aromatic amines is 1. The van der Waals surface area contributed by atoms with Crippen molar-refractivity contribution in [2.24, 2.45) is 0 Å². The quantitative estimate of drug-likeness (QED) is 0.790. The SMILES string of the molecule is COc1ccnc(NCc2ncc[nH]2)c1. The first-order valence-electron chi connectivity index (χ1n) is 4.60. The van der Waals surface area contributed by atoms with Crippen LogP contribution in [0, 0.1) is 0 Å². The second kappa shape index (κ2) is 4.45. The molecule has 5 heteroatoms. The maximum Gasteiger partial charge on any atom is 0.129 e. The number of imidazole rings is 1. The molecule has 78 valence electrons. The maximum atomic E-state index is 5.09. The van der Waals surface area contributed by atoms with Gasteiger partial charge >= 0.3 is 0 Å². The van der Waals surface area contributed by atoms with E-state index in [-0.39, 0.29) is 0 Å². The minimum Gasteiger partial charge on any atom is -0.497 e. The number of pyridine rings is 1. The minimum atomic E-state index is 0.618. The Bertz CT molecular complexity index is 413. The van der Waals surface area contributed by atoms with E-state index in [4.69, 9.17) is 4.74 Å². The Kier molecular flexibility index (Phi) is 2.82. The fourth-order valence-electron chi connectivity index (χ4n) is 1.20. The maximum absolute atomic E-state index is 5.09. The van der Waals surface area contributed by atoms with Crippen LogP contribution in [-0.2, 0) is 6.54 Å². The third kappa shape index (κ3) is 2.46. The second-order valence-corrected chi connectivity index (χ2v) is 2.97. The van der Waals surface area contributed by atoms with Gasteiger partial charge in [0.15, 0.2) is 0 Å². The average molecular weight is 204 g/mol. The Morgan fingerprint density at radius 2 is 2.33 bits per heavy atom. The van der Waals surface area contributed by atoms with Crippen LogP contribution in [0.3, 0.4) is 0 Å². The van der Waals surface area contributed by atoms with Crippen LogP contribution < -0.4 is 10.1 Å². The highest BCUT2D eigenvalue weighted by Gasteiger charge is 1.98. The third-order valence-electron chi connectivity index (χ3n) is 1.96. The molecule has 0 aliphatic rings. The number of H-pyrrole nitrogens is 1.